The van der Waals surface area contributed by atoms with Crippen molar-refractivity contribution < 1.29 is 19.1 Å². The Bertz CT molecular complexity index is 1150. The Balaban J connectivity index is 1.62. The van der Waals surface area contributed by atoms with E-state index in [1.807, 2.05) is 60.7 Å². The number of aromatic hydroxyl groups is 1. The molecule has 0 bridgehead atoms. The number of hydrogen-bond acceptors (Lipinski definition) is 5. The van der Waals surface area contributed by atoms with Gasteiger partial charge in [-0.05, 0) is 18.2 Å². The van der Waals surface area contributed by atoms with Crippen molar-refractivity contribution in [2.24, 2.45) is 0 Å². The third-order valence-electron chi connectivity index (χ3n) is 4.59. The van der Waals surface area contributed by atoms with Crippen molar-refractivity contribution in [3.05, 3.63) is 84.4 Å². The van der Waals surface area contributed by atoms with Gasteiger partial charge < -0.3 is 14.3 Å². The molecule has 1 amide bonds. The number of carbonyl (C=O) groups excluding carboxylic acids is 1. The van der Waals surface area contributed by atoms with Crippen LogP contribution in [0.25, 0.3) is 22.7 Å². The van der Waals surface area contributed by atoms with E-state index in [-0.39, 0.29) is 24.0 Å². The molecule has 0 aliphatic rings. The third kappa shape index (κ3) is 4.17. The van der Waals surface area contributed by atoms with E-state index in [2.05, 4.69) is 10.3 Å². The normalized spacial score (nSPS) is 10.6. The molecule has 0 saturated carbocycles. The summed E-state index contributed by atoms with van der Waals surface area (Å²) in [4.78, 5) is 17.3. The van der Waals surface area contributed by atoms with E-state index in [0.29, 0.717) is 22.9 Å². The lowest BCUT2D eigenvalue weighted by Crippen LogP contribution is -2.14. The van der Waals surface area contributed by atoms with E-state index in [1.54, 1.807) is 12.1 Å². The fourth-order valence-electron chi connectivity index (χ4n) is 3.06. The Hall–Kier alpha value is -4.06. The van der Waals surface area contributed by atoms with Gasteiger partial charge in [-0.2, -0.15) is 0 Å². The van der Waals surface area contributed by atoms with E-state index in [4.69, 9.17) is 9.15 Å². The number of nitrogens with zero attached hydrogens (tertiary/aromatic N) is 1. The van der Waals surface area contributed by atoms with Crippen LogP contribution in [0.15, 0.2) is 83.3 Å². The van der Waals surface area contributed by atoms with E-state index in [9.17, 15) is 9.90 Å². The highest BCUT2D eigenvalue weighted by Crippen LogP contribution is 2.33. The van der Waals surface area contributed by atoms with Crippen molar-refractivity contribution in [3.8, 4) is 34.2 Å². The second-order valence-electron chi connectivity index (χ2n) is 6.65. The van der Waals surface area contributed by atoms with Gasteiger partial charge in [-0.1, -0.05) is 54.6 Å². The third-order valence-corrected chi connectivity index (χ3v) is 4.59. The molecule has 0 saturated heterocycles. The van der Waals surface area contributed by atoms with Crippen LogP contribution in [0.4, 0.5) is 5.88 Å². The monoisotopic (exact) mass is 400 g/mol. The van der Waals surface area contributed by atoms with Gasteiger partial charge in [0.1, 0.15) is 17.2 Å². The standard InChI is InChI=1S/C24H20N2O4/c1-29-19-13-12-18(20(27)15-19)14-21(28)25-24-22(16-8-4-2-5-9-16)26-23(30-24)17-10-6-3-7-11-17/h2-13,15,27H,14H2,1H3,(H,25,28). The second kappa shape index (κ2) is 8.53. The van der Waals surface area contributed by atoms with Gasteiger partial charge in [-0.15, -0.1) is 0 Å². The average Bonchev–Trinajstić information content (AvgIpc) is 3.20. The minimum Gasteiger partial charge on any atom is -0.508 e. The maximum Gasteiger partial charge on any atom is 0.231 e. The van der Waals surface area contributed by atoms with Gasteiger partial charge in [0.2, 0.25) is 17.7 Å². The number of benzene rings is 3. The summed E-state index contributed by atoms with van der Waals surface area (Å²) in [6.45, 7) is 0. The minimum absolute atomic E-state index is 0.00433. The molecule has 6 nitrogen and oxygen atoms in total. The molecule has 1 heterocycles. The summed E-state index contributed by atoms with van der Waals surface area (Å²) in [6, 6.07) is 23.8. The van der Waals surface area contributed by atoms with Crippen molar-refractivity contribution in [3.63, 3.8) is 0 Å². The lowest BCUT2D eigenvalue weighted by Gasteiger charge is -2.07. The van der Waals surface area contributed by atoms with Crippen LogP contribution in [0.3, 0.4) is 0 Å². The number of aromatic nitrogens is 1. The predicted molar refractivity (Wildman–Crippen MR) is 114 cm³/mol. The number of ether oxygens (including phenoxy) is 1. The van der Waals surface area contributed by atoms with Gasteiger partial charge >= 0.3 is 0 Å². The minimum atomic E-state index is -0.330. The number of phenols is 1. The molecule has 0 atom stereocenters. The van der Waals surface area contributed by atoms with Crippen LogP contribution in [-0.4, -0.2) is 23.1 Å². The number of amides is 1. The Kier molecular flexibility index (Phi) is 5.48. The summed E-state index contributed by atoms with van der Waals surface area (Å²) in [7, 11) is 1.51. The number of carbonyl (C=O) groups is 1. The van der Waals surface area contributed by atoms with E-state index in [0.717, 1.165) is 11.1 Å². The van der Waals surface area contributed by atoms with Crippen molar-refractivity contribution in [2.75, 3.05) is 12.4 Å². The molecule has 3 aromatic carbocycles. The summed E-state index contributed by atoms with van der Waals surface area (Å²) < 4.78 is 11.0. The number of hydrogen-bond donors (Lipinski definition) is 2. The molecule has 0 aliphatic carbocycles. The molecule has 0 fully saturated rings. The quantitative estimate of drug-likeness (QED) is 0.481. The number of methoxy groups -OCH3 is 1. The summed E-state index contributed by atoms with van der Waals surface area (Å²) in [5.74, 6) is 0.861. The molecule has 6 heteroatoms. The van der Waals surface area contributed by atoms with E-state index >= 15 is 0 Å². The molecule has 0 radical (unpaired) electrons. The Morgan fingerprint density at radius 3 is 2.30 bits per heavy atom. The van der Waals surface area contributed by atoms with Gasteiger partial charge in [-0.25, -0.2) is 4.98 Å². The molecule has 0 aliphatic heterocycles. The SMILES string of the molecule is COc1ccc(CC(=O)Nc2oc(-c3ccccc3)nc2-c2ccccc2)c(O)c1. The molecular weight excluding hydrogens is 380 g/mol. The molecule has 0 spiro atoms. The van der Waals surface area contributed by atoms with Gasteiger partial charge in [-0.3, -0.25) is 10.1 Å². The highest BCUT2D eigenvalue weighted by atomic mass is 16.5. The zero-order valence-electron chi connectivity index (χ0n) is 16.3. The maximum atomic E-state index is 12.7. The number of oxazole rings is 1. The van der Waals surface area contributed by atoms with Crippen LogP contribution < -0.4 is 10.1 Å². The molecule has 150 valence electrons. The first-order valence-electron chi connectivity index (χ1n) is 9.41. The molecule has 4 aromatic rings. The first-order chi connectivity index (χ1) is 14.6. The van der Waals surface area contributed by atoms with Crippen molar-refractivity contribution in [2.45, 2.75) is 6.42 Å². The van der Waals surface area contributed by atoms with E-state index < -0.39 is 0 Å². The van der Waals surface area contributed by atoms with Gasteiger partial charge in [0, 0.05) is 22.8 Å². The van der Waals surface area contributed by atoms with Crippen LogP contribution in [-0.2, 0) is 11.2 Å². The lowest BCUT2D eigenvalue weighted by molar-refractivity contribution is -0.115. The fraction of sp³-hybridized carbons (Fsp3) is 0.0833. The summed E-state index contributed by atoms with van der Waals surface area (Å²) in [5, 5.41) is 12.9. The van der Waals surface area contributed by atoms with Crippen molar-refractivity contribution in [1.29, 1.82) is 0 Å². The van der Waals surface area contributed by atoms with Crippen LogP contribution in [0.5, 0.6) is 11.5 Å². The van der Waals surface area contributed by atoms with Crippen LogP contribution in [0.2, 0.25) is 0 Å². The molecular formula is C24H20N2O4. The number of nitrogens with one attached hydrogen (secondary N) is 1. The Morgan fingerprint density at radius 1 is 1.00 bits per heavy atom. The Morgan fingerprint density at radius 2 is 1.67 bits per heavy atom. The number of rotatable bonds is 6. The first kappa shape index (κ1) is 19.3. The number of anilines is 1. The van der Waals surface area contributed by atoms with Crippen molar-refractivity contribution in [1.82, 2.24) is 4.98 Å². The molecule has 4 rings (SSSR count). The van der Waals surface area contributed by atoms with Crippen LogP contribution >= 0.6 is 0 Å². The summed E-state index contributed by atoms with van der Waals surface area (Å²) in [6.07, 6.45) is -0.0224. The summed E-state index contributed by atoms with van der Waals surface area (Å²) >= 11 is 0. The van der Waals surface area contributed by atoms with Crippen LogP contribution in [0.1, 0.15) is 5.56 Å². The van der Waals surface area contributed by atoms with Crippen molar-refractivity contribution >= 4 is 11.8 Å². The molecule has 1 aromatic heterocycles. The number of phenolic OH excluding ortho intramolecular Hbond substituents is 1. The second-order valence-corrected chi connectivity index (χ2v) is 6.65. The van der Waals surface area contributed by atoms with E-state index in [1.165, 1.54) is 13.2 Å². The van der Waals surface area contributed by atoms with Gasteiger partial charge in [0.15, 0.2) is 0 Å². The summed E-state index contributed by atoms with van der Waals surface area (Å²) in [5.41, 5.74) is 2.66. The zero-order valence-corrected chi connectivity index (χ0v) is 16.3. The molecule has 2 N–H and O–H groups in total. The smallest absolute Gasteiger partial charge is 0.231 e. The van der Waals surface area contributed by atoms with Gasteiger partial charge in [0.25, 0.3) is 0 Å². The van der Waals surface area contributed by atoms with Gasteiger partial charge in [0.05, 0.1) is 13.5 Å². The predicted octanol–water partition coefficient (Wildman–Crippen LogP) is 4.90. The zero-order chi connectivity index (χ0) is 20.9. The fourth-order valence-corrected chi connectivity index (χ4v) is 3.06. The first-order valence-corrected chi connectivity index (χ1v) is 9.41. The highest BCUT2D eigenvalue weighted by molar-refractivity contribution is 5.94. The highest BCUT2D eigenvalue weighted by Gasteiger charge is 2.19. The molecule has 30 heavy (non-hydrogen) atoms. The van der Waals surface area contributed by atoms with Crippen LogP contribution in [0, 0.1) is 0 Å². The topological polar surface area (TPSA) is 84.6 Å². The maximum absolute atomic E-state index is 12.7. The average molecular weight is 400 g/mol. The lowest BCUT2D eigenvalue weighted by atomic mass is 10.1. The largest absolute Gasteiger partial charge is 0.508 e. The molecule has 0 unspecified atom stereocenters. The Labute approximate surface area is 173 Å².